The van der Waals surface area contributed by atoms with Crippen LogP contribution in [0.3, 0.4) is 0 Å². The molecule has 0 N–H and O–H groups in total. The van der Waals surface area contributed by atoms with E-state index in [0.29, 0.717) is 19.0 Å². The van der Waals surface area contributed by atoms with Gasteiger partial charge in [0, 0.05) is 28.3 Å². The summed E-state index contributed by atoms with van der Waals surface area (Å²) in [6, 6.07) is 28.5. The molecule has 0 fully saturated rings. The number of para-hydroxylation sites is 1. The first-order valence-corrected chi connectivity index (χ1v) is 12.8. The van der Waals surface area contributed by atoms with E-state index in [1.165, 1.54) is 5.56 Å². The van der Waals surface area contributed by atoms with E-state index in [1.807, 2.05) is 42.5 Å². The maximum Gasteiger partial charge on any atom is 0.135 e. The zero-order valence-corrected chi connectivity index (χ0v) is 22.8. The SMILES string of the molecule is COc1ccc(-c2cccc(-c3ccc(C)cc3OC)c2OCCOC(C)Cc2ccccc2)c(OC)c1. The molecule has 4 aromatic rings. The molecule has 0 spiro atoms. The zero-order chi connectivity index (χ0) is 26.9. The van der Waals surface area contributed by atoms with Gasteiger partial charge in [0.15, 0.2) is 0 Å². The third-order valence-corrected chi connectivity index (χ3v) is 6.46. The summed E-state index contributed by atoms with van der Waals surface area (Å²) in [5.41, 5.74) is 6.11. The maximum absolute atomic E-state index is 6.50. The van der Waals surface area contributed by atoms with E-state index in [0.717, 1.165) is 51.5 Å². The number of benzene rings is 4. The molecule has 5 heteroatoms. The van der Waals surface area contributed by atoms with E-state index in [2.05, 4.69) is 56.3 Å². The topological polar surface area (TPSA) is 46.2 Å². The molecule has 0 bridgehead atoms. The van der Waals surface area contributed by atoms with Gasteiger partial charge in [-0.2, -0.15) is 0 Å². The lowest BCUT2D eigenvalue weighted by Crippen LogP contribution is -2.17. The fourth-order valence-electron chi connectivity index (χ4n) is 4.56. The lowest BCUT2D eigenvalue weighted by Gasteiger charge is -2.20. The Hall–Kier alpha value is -3.96. The second-order valence-electron chi connectivity index (χ2n) is 9.17. The number of hydrogen-bond donors (Lipinski definition) is 0. The molecule has 0 saturated carbocycles. The second-order valence-corrected chi connectivity index (χ2v) is 9.17. The maximum atomic E-state index is 6.50. The molecule has 0 aliphatic rings. The van der Waals surface area contributed by atoms with Crippen LogP contribution < -0.4 is 18.9 Å². The molecule has 0 aliphatic heterocycles. The predicted molar refractivity (Wildman–Crippen MR) is 153 cm³/mol. The van der Waals surface area contributed by atoms with Gasteiger partial charge in [-0.15, -0.1) is 0 Å². The van der Waals surface area contributed by atoms with Crippen molar-refractivity contribution in [3.8, 4) is 45.3 Å². The van der Waals surface area contributed by atoms with Crippen molar-refractivity contribution in [2.75, 3.05) is 34.5 Å². The van der Waals surface area contributed by atoms with Crippen LogP contribution in [0.4, 0.5) is 0 Å². The summed E-state index contributed by atoms with van der Waals surface area (Å²) in [4.78, 5) is 0. The van der Waals surface area contributed by atoms with Crippen LogP contribution in [-0.4, -0.2) is 40.6 Å². The van der Waals surface area contributed by atoms with Crippen molar-refractivity contribution in [1.29, 1.82) is 0 Å². The van der Waals surface area contributed by atoms with Crippen molar-refractivity contribution in [2.24, 2.45) is 0 Å². The standard InChI is InChI=1S/C33H36O5/c1-23-14-16-27(31(20-23)35-4)29-12-9-13-30(28-17-15-26(34-3)22-32(28)36-5)33(29)38-19-18-37-24(2)21-25-10-7-6-8-11-25/h6-17,20,22,24H,18-19,21H2,1-5H3. The Morgan fingerprint density at radius 2 is 1.29 bits per heavy atom. The van der Waals surface area contributed by atoms with Crippen LogP contribution in [-0.2, 0) is 11.2 Å². The van der Waals surface area contributed by atoms with Crippen molar-refractivity contribution in [3.63, 3.8) is 0 Å². The highest BCUT2D eigenvalue weighted by atomic mass is 16.5. The summed E-state index contributed by atoms with van der Waals surface area (Å²) in [6.45, 7) is 5.00. The van der Waals surface area contributed by atoms with Crippen molar-refractivity contribution >= 4 is 0 Å². The van der Waals surface area contributed by atoms with Gasteiger partial charge in [-0.05, 0) is 49.6 Å². The Morgan fingerprint density at radius 1 is 0.632 bits per heavy atom. The first-order chi connectivity index (χ1) is 18.5. The minimum Gasteiger partial charge on any atom is -0.497 e. The molecule has 0 saturated heterocycles. The van der Waals surface area contributed by atoms with E-state index in [9.17, 15) is 0 Å². The molecule has 0 radical (unpaired) electrons. The smallest absolute Gasteiger partial charge is 0.135 e. The van der Waals surface area contributed by atoms with Crippen LogP contribution in [0, 0.1) is 6.92 Å². The molecule has 0 aliphatic carbocycles. The van der Waals surface area contributed by atoms with Gasteiger partial charge >= 0.3 is 0 Å². The fourth-order valence-corrected chi connectivity index (χ4v) is 4.56. The van der Waals surface area contributed by atoms with Gasteiger partial charge in [0.2, 0.25) is 0 Å². The highest BCUT2D eigenvalue weighted by Gasteiger charge is 2.19. The van der Waals surface area contributed by atoms with Gasteiger partial charge in [0.1, 0.15) is 29.6 Å². The Morgan fingerprint density at radius 3 is 1.95 bits per heavy atom. The van der Waals surface area contributed by atoms with E-state index >= 15 is 0 Å². The Bertz CT molecular complexity index is 1330. The van der Waals surface area contributed by atoms with Crippen molar-refractivity contribution < 1.29 is 23.7 Å². The molecule has 198 valence electrons. The quantitative estimate of drug-likeness (QED) is 0.185. The molecular weight excluding hydrogens is 476 g/mol. The highest BCUT2D eigenvalue weighted by Crippen LogP contribution is 2.45. The second kappa shape index (κ2) is 13.0. The molecule has 1 unspecified atom stereocenters. The molecule has 38 heavy (non-hydrogen) atoms. The van der Waals surface area contributed by atoms with Gasteiger partial charge in [-0.25, -0.2) is 0 Å². The van der Waals surface area contributed by atoms with Gasteiger partial charge < -0.3 is 23.7 Å². The molecule has 0 heterocycles. The Labute approximate surface area is 225 Å². The minimum atomic E-state index is 0.0783. The molecule has 5 nitrogen and oxygen atoms in total. The molecule has 4 rings (SSSR count). The summed E-state index contributed by atoms with van der Waals surface area (Å²) >= 11 is 0. The van der Waals surface area contributed by atoms with E-state index in [4.69, 9.17) is 23.7 Å². The molecule has 0 aromatic heterocycles. The number of ether oxygens (including phenoxy) is 5. The first kappa shape index (κ1) is 27.1. The number of aryl methyl sites for hydroxylation is 1. The first-order valence-electron chi connectivity index (χ1n) is 12.8. The molecule has 4 aromatic carbocycles. The summed E-state index contributed by atoms with van der Waals surface area (Å²) < 4.78 is 29.5. The Kier molecular flexibility index (Phi) is 9.28. The largest absolute Gasteiger partial charge is 0.497 e. The van der Waals surface area contributed by atoms with Crippen molar-refractivity contribution in [2.45, 2.75) is 26.4 Å². The van der Waals surface area contributed by atoms with Gasteiger partial charge in [0.05, 0.1) is 34.0 Å². The average molecular weight is 513 g/mol. The van der Waals surface area contributed by atoms with Crippen LogP contribution in [0.1, 0.15) is 18.1 Å². The van der Waals surface area contributed by atoms with Crippen LogP contribution in [0.5, 0.6) is 23.0 Å². The van der Waals surface area contributed by atoms with E-state index < -0.39 is 0 Å². The van der Waals surface area contributed by atoms with Gasteiger partial charge in [0.25, 0.3) is 0 Å². The highest BCUT2D eigenvalue weighted by molar-refractivity contribution is 5.87. The van der Waals surface area contributed by atoms with E-state index in [1.54, 1.807) is 21.3 Å². The summed E-state index contributed by atoms with van der Waals surface area (Å²) in [6.07, 6.45) is 0.932. The number of rotatable bonds is 12. The number of methoxy groups -OCH3 is 3. The summed E-state index contributed by atoms with van der Waals surface area (Å²) in [5, 5.41) is 0. The van der Waals surface area contributed by atoms with Gasteiger partial charge in [-0.3, -0.25) is 0 Å². The predicted octanol–water partition coefficient (Wildman–Crippen LogP) is 7.38. The third kappa shape index (κ3) is 6.48. The Balaban J connectivity index is 1.65. The van der Waals surface area contributed by atoms with Gasteiger partial charge in [-0.1, -0.05) is 60.7 Å². The monoisotopic (exact) mass is 512 g/mol. The summed E-state index contributed by atoms with van der Waals surface area (Å²) in [5.74, 6) is 2.97. The van der Waals surface area contributed by atoms with Crippen LogP contribution in [0.25, 0.3) is 22.3 Å². The molecule has 0 amide bonds. The molecule has 1 atom stereocenters. The van der Waals surface area contributed by atoms with E-state index in [-0.39, 0.29) is 6.10 Å². The number of hydrogen-bond acceptors (Lipinski definition) is 5. The minimum absolute atomic E-state index is 0.0783. The fraction of sp³-hybridized carbons (Fsp3) is 0.273. The van der Waals surface area contributed by atoms with Crippen LogP contribution in [0.15, 0.2) is 84.9 Å². The molecular formula is C33H36O5. The summed E-state index contributed by atoms with van der Waals surface area (Å²) in [7, 11) is 5.00. The lowest BCUT2D eigenvalue weighted by atomic mass is 9.95. The van der Waals surface area contributed by atoms with Crippen LogP contribution in [0.2, 0.25) is 0 Å². The van der Waals surface area contributed by atoms with Crippen molar-refractivity contribution in [3.05, 3.63) is 96.1 Å². The third-order valence-electron chi connectivity index (χ3n) is 6.46. The van der Waals surface area contributed by atoms with Crippen molar-refractivity contribution in [1.82, 2.24) is 0 Å². The zero-order valence-electron chi connectivity index (χ0n) is 22.8. The van der Waals surface area contributed by atoms with Crippen LogP contribution >= 0.6 is 0 Å². The average Bonchev–Trinajstić information content (AvgIpc) is 2.95. The normalized spacial score (nSPS) is 11.6. The lowest BCUT2D eigenvalue weighted by molar-refractivity contribution is 0.0452.